The molecule has 0 aromatic rings. The molecule has 0 aliphatic carbocycles. The number of esters is 1. The van der Waals surface area contributed by atoms with Gasteiger partial charge in [-0.2, -0.15) is 0 Å². The zero-order chi connectivity index (χ0) is 16.0. The predicted molar refractivity (Wildman–Crippen MR) is 74.9 cm³/mol. The van der Waals surface area contributed by atoms with Gasteiger partial charge in [0.05, 0.1) is 13.5 Å². The van der Waals surface area contributed by atoms with Crippen LogP contribution in [0.15, 0.2) is 0 Å². The normalized spacial score (nSPS) is 19.4. The first-order valence-corrected chi connectivity index (χ1v) is 6.86. The summed E-state index contributed by atoms with van der Waals surface area (Å²) in [6.45, 7) is 1.32. The van der Waals surface area contributed by atoms with E-state index < -0.39 is 24.0 Å². The minimum absolute atomic E-state index is 0.0626. The number of ether oxygens (including phenoxy) is 1. The van der Waals surface area contributed by atoms with E-state index in [2.05, 4.69) is 10.1 Å². The smallest absolute Gasteiger partial charge is 0.326 e. The molecule has 2 N–H and O–H groups in total. The Kier molecular flexibility index (Phi) is 6.41. The third-order valence-electron chi connectivity index (χ3n) is 3.41. The highest BCUT2D eigenvalue weighted by Crippen LogP contribution is 2.18. The molecule has 21 heavy (non-hydrogen) atoms. The van der Waals surface area contributed by atoms with Crippen LogP contribution in [-0.2, 0) is 14.3 Å². The first kappa shape index (κ1) is 17.2. The van der Waals surface area contributed by atoms with Crippen molar-refractivity contribution < 1.29 is 24.2 Å². The van der Waals surface area contributed by atoms with Gasteiger partial charge in [-0.25, -0.2) is 9.59 Å². The predicted octanol–water partition coefficient (Wildman–Crippen LogP) is -0.262. The topological polar surface area (TPSA) is 99.2 Å². The first-order chi connectivity index (χ1) is 9.85. The van der Waals surface area contributed by atoms with Crippen LogP contribution in [0.2, 0.25) is 0 Å². The molecule has 1 unspecified atom stereocenters. The van der Waals surface area contributed by atoms with Crippen molar-refractivity contribution in [2.75, 3.05) is 34.3 Å². The molecule has 0 aromatic carbocycles. The maximum absolute atomic E-state index is 12.2. The number of nitrogens with zero attached hydrogens (tertiary/aromatic N) is 2. The summed E-state index contributed by atoms with van der Waals surface area (Å²) < 4.78 is 4.44. The van der Waals surface area contributed by atoms with Crippen molar-refractivity contribution in [3.05, 3.63) is 0 Å². The van der Waals surface area contributed by atoms with E-state index in [1.165, 1.54) is 7.11 Å². The van der Waals surface area contributed by atoms with Gasteiger partial charge in [-0.3, -0.25) is 4.79 Å². The van der Waals surface area contributed by atoms with Crippen LogP contribution in [-0.4, -0.2) is 79.3 Å². The number of carboxylic acid groups (broad SMARTS) is 1. The lowest BCUT2D eigenvalue weighted by Gasteiger charge is -2.28. The summed E-state index contributed by atoms with van der Waals surface area (Å²) >= 11 is 0. The van der Waals surface area contributed by atoms with Gasteiger partial charge in [-0.1, -0.05) is 0 Å². The van der Waals surface area contributed by atoms with E-state index in [1.807, 2.05) is 19.0 Å². The van der Waals surface area contributed by atoms with Gasteiger partial charge in [-0.05, 0) is 26.9 Å². The van der Waals surface area contributed by atoms with Gasteiger partial charge >= 0.3 is 18.0 Å². The Morgan fingerprint density at radius 2 is 2.10 bits per heavy atom. The van der Waals surface area contributed by atoms with Crippen LogP contribution in [0.5, 0.6) is 0 Å². The summed E-state index contributed by atoms with van der Waals surface area (Å²) in [4.78, 5) is 38.1. The number of likely N-dealkylation sites (tertiary alicyclic amines) is 1. The van der Waals surface area contributed by atoms with Gasteiger partial charge in [0.1, 0.15) is 6.04 Å². The molecule has 8 heteroatoms. The molecule has 1 rings (SSSR count). The summed E-state index contributed by atoms with van der Waals surface area (Å²) in [5, 5.41) is 11.5. The summed E-state index contributed by atoms with van der Waals surface area (Å²) in [6.07, 6.45) is 1.39. The average molecular weight is 301 g/mol. The van der Waals surface area contributed by atoms with E-state index in [0.717, 1.165) is 19.4 Å². The standard InChI is InChI=1S/C13H23N3O5/c1-15(2)8-9-5-4-6-16(9)13(20)14-10(12(18)19)7-11(17)21-3/h9-10H,4-8H2,1-3H3,(H,14,20)(H,18,19)/t9?,10-/m0/s1. The molecule has 2 atom stereocenters. The van der Waals surface area contributed by atoms with E-state index in [1.54, 1.807) is 4.90 Å². The number of carboxylic acids is 1. The number of rotatable bonds is 6. The second-order valence-corrected chi connectivity index (χ2v) is 5.37. The third-order valence-corrected chi connectivity index (χ3v) is 3.41. The number of carbonyl (C=O) groups is 3. The van der Waals surface area contributed by atoms with E-state index in [9.17, 15) is 14.4 Å². The second-order valence-electron chi connectivity index (χ2n) is 5.37. The molecule has 1 aliphatic heterocycles. The van der Waals surface area contributed by atoms with Gasteiger partial charge in [0, 0.05) is 19.1 Å². The zero-order valence-electron chi connectivity index (χ0n) is 12.7. The lowest BCUT2D eigenvalue weighted by molar-refractivity contribution is -0.147. The van der Waals surface area contributed by atoms with Crippen molar-refractivity contribution in [2.45, 2.75) is 31.3 Å². The number of nitrogens with one attached hydrogen (secondary N) is 1. The molecule has 1 fully saturated rings. The molecule has 0 bridgehead atoms. The molecule has 0 saturated carbocycles. The highest BCUT2D eigenvalue weighted by atomic mass is 16.5. The number of methoxy groups -OCH3 is 1. The van der Waals surface area contributed by atoms with Crippen LogP contribution >= 0.6 is 0 Å². The number of hydrogen-bond donors (Lipinski definition) is 2. The quantitative estimate of drug-likeness (QED) is 0.656. The number of likely N-dealkylation sites (N-methyl/N-ethyl adjacent to an activating group) is 1. The molecule has 1 heterocycles. The molecule has 1 saturated heterocycles. The molecule has 8 nitrogen and oxygen atoms in total. The fourth-order valence-electron chi connectivity index (χ4n) is 2.40. The van der Waals surface area contributed by atoms with Gasteiger partial charge < -0.3 is 25.0 Å². The van der Waals surface area contributed by atoms with Crippen LogP contribution in [0, 0.1) is 0 Å². The van der Waals surface area contributed by atoms with Crippen LogP contribution in [0.3, 0.4) is 0 Å². The average Bonchev–Trinajstić information content (AvgIpc) is 2.84. The fraction of sp³-hybridized carbons (Fsp3) is 0.769. The van der Waals surface area contributed by atoms with Gasteiger partial charge in [0.15, 0.2) is 0 Å². The van der Waals surface area contributed by atoms with Crippen molar-refractivity contribution in [1.29, 1.82) is 0 Å². The van der Waals surface area contributed by atoms with Crippen molar-refractivity contribution in [3.63, 3.8) is 0 Å². The number of aliphatic carboxylic acids is 1. The Labute approximate surface area is 124 Å². The Morgan fingerprint density at radius 1 is 1.43 bits per heavy atom. The van der Waals surface area contributed by atoms with Crippen LogP contribution < -0.4 is 5.32 Å². The molecule has 0 spiro atoms. The van der Waals surface area contributed by atoms with Crippen molar-refractivity contribution in [2.24, 2.45) is 0 Å². The highest BCUT2D eigenvalue weighted by Gasteiger charge is 2.32. The molecule has 120 valence electrons. The third kappa shape index (κ3) is 5.22. The van der Waals surface area contributed by atoms with Gasteiger partial charge in [0.2, 0.25) is 0 Å². The molecule has 1 aliphatic rings. The zero-order valence-corrected chi connectivity index (χ0v) is 12.7. The number of hydrogen-bond acceptors (Lipinski definition) is 5. The van der Waals surface area contributed by atoms with Crippen molar-refractivity contribution in [3.8, 4) is 0 Å². The number of amides is 2. The largest absolute Gasteiger partial charge is 0.480 e. The van der Waals surface area contributed by atoms with Crippen LogP contribution in [0.25, 0.3) is 0 Å². The fourth-order valence-corrected chi connectivity index (χ4v) is 2.40. The van der Waals surface area contributed by atoms with E-state index in [0.29, 0.717) is 6.54 Å². The minimum Gasteiger partial charge on any atom is -0.480 e. The van der Waals surface area contributed by atoms with Crippen LogP contribution in [0.1, 0.15) is 19.3 Å². The lowest BCUT2D eigenvalue weighted by Crippen LogP contribution is -2.51. The summed E-state index contributed by atoms with van der Waals surface area (Å²) in [5.74, 6) is -1.92. The Morgan fingerprint density at radius 3 is 2.62 bits per heavy atom. The van der Waals surface area contributed by atoms with Crippen molar-refractivity contribution >= 4 is 18.0 Å². The summed E-state index contributed by atoms with van der Waals surface area (Å²) in [7, 11) is 5.02. The van der Waals surface area contributed by atoms with E-state index in [-0.39, 0.29) is 12.5 Å². The second kappa shape index (κ2) is 7.82. The Hall–Kier alpha value is -1.83. The Balaban J connectivity index is 2.63. The minimum atomic E-state index is -1.27. The summed E-state index contributed by atoms with van der Waals surface area (Å²) in [6, 6.07) is -1.66. The molecular formula is C13H23N3O5. The highest BCUT2D eigenvalue weighted by molar-refractivity contribution is 5.86. The van der Waals surface area contributed by atoms with Crippen LogP contribution in [0.4, 0.5) is 4.79 Å². The SMILES string of the molecule is COC(=O)C[C@H](NC(=O)N1CCCC1CN(C)C)C(=O)O. The Bertz CT molecular complexity index is 399. The van der Waals surface area contributed by atoms with Gasteiger partial charge in [-0.15, -0.1) is 0 Å². The molecular weight excluding hydrogens is 278 g/mol. The number of urea groups is 1. The van der Waals surface area contributed by atoms with Gasteiger partial charge in [0.25, 0.3) is 0 Å². The van der Waals surface area contributed by atoms with E-state index in [4.69, 9.17) is 5.11 Å². The number of carbonyl (C=O) groups excluding carboxylic acids is 2. The van der Waals surface area contributed by atoms with Crippen molar-refractivity contribution in [1.82, 2.24) is 15.1 Å². The lowest BCUT2D eigenvalue weighted by atomic mass is 10.2. The monoisotopic (exact) mass is 301 g/mol. The first-order valence-electron chi connectivity index (χ1n) is 6.86. The van der Waals surface area contributed by atoms with E-state index >= 15 is 0 Å². The summed E-state index contributed by atoms with van der Waals surface area (Å²) in [5.41, 5.74) is 0. The molecule has 2 amide bonds. The molecule has 0 aromatic heterocycles. The molecule has 0 radical (unpaired) electrons. The maximum atomic E-state index is 12.2. The maximum Gasteiger partial charge on any atom is 0.326 e.